The molecule has 1 saturated heterocycles. The van der Waals surface area contributed by atoms with Gasteiger partial charge in [0.1, 0.15) is 0 Å². The van der Waals surface area contributed by atoms with E-state index in [0.717, 1.165) is 5.69 Å². The van der Waals surface area contributed by atoms with Crippen LogP contribution < -0.4 is 10.2 Å². The molecule has 0 unspecified atom stereocenters. The minimum absolute atomic E-state index is 0.167. The van der Waals surface area contributed by atoms with Crippen LogP contribution in [-0.2, 0) is 4.79 Å². The van der Waals surface area contributed by atoms with E-state index in [0.29, 0.717) is 53.9 Å². The van der Waals surface area contributed by atoms with Gasteiger partial charge in [0, 0.05) is 48.2 Å². The summed E-state index contributed by atoms with van der Waals surface area (Å²) in [6.07, 6.45) is 0.516. The summed E-state index contributed by atoms with van der Waals surface area (Å²) < 4.78 is 0. The molecule has 3 rings (SSSR count). The van der Waals surface area contributed by atoms with Crippen LogP contribution in [0, 0.1) is 0 Å². The number of anilines is 2. The van der Waals surface area contributed by atoms with Gasteiger partial charge in [-0.15, -0.1) is 0 Å². The maximum atomic E-state index is 12.6. The summed E-state index contributed by atoms with van der Waals surface area (Å²) >= 11 is 12.1. The van der Waals surface area contributed by atoms with Crippen LogP contribution in [0.5, 0.6) is 0 Å². The number of rotatable bonds is 4. The largest absolute Gasteiger partial charge is 0.366 e. The van der Waals surface area contributed by atoms with E-state index >= 15 is 0 Å². The Morgan fingerprint density at radius 3 is 2.37 bits per heavy atom. The summed E-state index contributed by atoms with van der Waals surface area (Å²) in [5.41, 5.74) is 2.01. The van der Waals surface area contributed by atoms with Gasteiger partial charge < -0.3 is 15.1 Å². The molecule has 5 nitrogen and oxygen atoms in total. The topological polar surface area (TPSA) is 52.7 Å². The third-order valence-electron chi connectivity index (χ3n) is 4.57. The molecular weight excluding hydrogens is 385 g/mol. The van der Waals surface area contributed by atoms with E-state index in [1.807, 2.05) is 17.9 Å². The van der Waals surface area contributed by atoms with Crippen molar-refractivity contribution < 1.29 is 9.59 Å². The molecule has 1 aliphatic heterocycles. The van der Waals surface area contributed by atoms with E-state index in [-0.39, 0.29) is 11.8 Å². The molecule has 1 N–H and O–H groups in total. The molecule has 2 amide bonds. The highest BCUT2D eigenvalue weighted by molar-refractivity contribution is 6.31. The average molecular weight is 406 g/mol. The Hall–Kier alpha value is -2.24. The Morgan fingerprint density at radius 2 is 1.70 bits per heavy atom. The molecule has 2 aromatic rings. The molecule has 7 heteroatoms. The third kappa shape index (κ3) is 4.73. The van der Waals surface area contributed by atoms with Gasteiger partial charge in [-0.1, -0.05) is 36.2 Å². The van der Waals surface area contributed by atoms with Crippen LogP contribution in [0.1, 0.15) is 23.7 Å². The Labute approximate surface area is 168 Å². The predicted octanol–water partition coefficient (Wildman–Crippen LogP) is 4.30. The normalized spacial score (nSPS) is 14.2. The molecular formula is C20H21Cl2N3O2. The number of halogens is 2. The molecule has 1 fully saturated rings. The Bertz CT molecular complexity index is 849. The Balaban J connectivity index is 1.78. The Morgan fingerprint density at radius 1 is 1.00 bits per heavy atom. The van der Waals surface area contributed by atoms with Crippen molar-refractivity contribution in [1.29, 1.82) is 0 Å². The molecule has 0 bridgehead atoms. The number of amides is 2. The molecule has 0 saturated carbocycles. The molecule has 0 atom stereocenters. The van der Waals surface area contributed by atoms with Gasteiger partial charge in [-0.3, -0.25) is 9.59 Å². The highest BCUT2D eigenvalue weighted by atomic mass is 35.5. The zero-order chi connectivity index (χ0) is 19.4. The summed E-state index contributed by atoms with van der Waals surface area (Å²) in [6.45, 7) is 4.60. The maximum absolute atomic E-state index is 12.6. The number of benzene rings is 2. The van der Waals surface area contributed by atoms with Crippen LogP contribution in [0.25, 0.3) is 0 Å². The van der Waals surface area contributed by atoms with Crippen molar-refractivity contribution in [2.75, 3.05) is 36.4 Å². The number of hydrogen-bond acceptors (Lipinski definition) is 3. The van der Waals surface area contributed by atoms with E-state index in [1.54, 1.807) is 36.4 Å². The zero-order valence-corrected chi connectivity index (χ0v) is 16.6. The quantitative estimate of drug-likeness (QED) is 0.824. The van der Waals surface area contributed by atoms with E-state index < -0.39 is 0 Å². The first-order valence-corrected chi connectivity index (χ1v) is 9.62. The molecule has 0 aliphatic carbocycles. The van der Waals surface area contributed by atoms with Crippen molar-refractivity contribution in [2.24, 2.45) is 0 Å². The van der Waals surface area contributed by atoms with Crippen LogP contribution in [0.3, 0.4) is 0 Å². The minimum Gasteiger partial charge on any atom is -0.366 e. The minimum atomic E-state index is -0.249. The SMILES string of the molecule is CCC(=O)N1CCN(c2ccc(Cl)cc2NC(=O)c2cccc(Cl)c2)CC1. The Kier molecular flexibility index (Phi) is 6.24. The third-order valence-corrected chi connectivity index (χ3v) is 5.04. The monoisotopic (exact) mass is 405 g/mol. The van der Waals surface area contributed by atoms with Crippen LogP contribution in [0.15, 0.2) is 42.5 Å². The fraction of sp³-hybridized carbons (Fsp3) is 0.300. The van der Waals surface area contributed by atoms with E-state index in [1.165, 1.54) is 0 Å². The highest BCUT2D eigenvalue weighted by Gasteiger charge is 2.22. The van der Waals surface area contributed by atoms with Crippen LogP contribution in [0.4, 0.5) is 11.4 Å². The van der Waals surface area contributed by atoms with E-state index in [4.69, 9.17) is 23.2 Å². The molecule has 0 spiro atoms. The standard InChI is InChI=1S/C20H21Cl2N3O2/c1-2-19(26)25-10-8-24(9-11-25)18-7-6-16(22)13-17(18)23-20(27)14-4-3-5-15(21)12-14/h3-7,12-13H,2,8-11H2,1H3,(H,23,27). The van der Waals surface area contributed by atoms with Crippen molar-refractivity contribution in [3.05, 3.63) is 58.1 Å². The van der Waals surface area contributed by atoms with Crippen molar-refractivity contribution in [2.45, 2.75) is 13.3 Å². The lowest BCUT2D eigenvalue weighted by Gasteiger charge is -2.37. The fourth-order valence-corrected chi connectivity index (χ4v) is 3.49. The number of nitrogens with zero attached hydrogens (tertiary/aromatic N) is 2. The second-order valence-corrected chi connectivity index (χ2v) is 7.22. The van der Waals surface area contributed by atoms with Crippen LogP contribution in [-0.4, -0.2) is 42.9 Å². The first-order chi connectivity index (χ1) is 13.0. The highest BCUT2D eigenvalue weighted by Crippen LogP contribution is 2.30. The molecule has 0 radical (unpaired) electrons. The summed E-state index contributed by atoms with van der Waals surface area (Å²) in [7, 11) is 0. The molecule has 2 aromatic carbocycles. The molecule has 1 aliphatic rings. The van der Waals surface area contributed by atoms with Gasteiger partial charge in [0.2, 0.25) is 5.91 Å². The fourth-order valence-electron chi connectivity index (χ4n) is 3.13. The summed E-state index contributed by atoms with van der Waals surface area (Å²) in [4.78, 5) is 28.5. The van der Waals surface area contributed by atoms with Gasteiger partial charge in [-0.05, 0) is 36.4 Å². The predicted molar refractivity (Wildman–Crippen MR) is 110 cm³/mol. The van der Waals surface area contributed by atoms with Crippen molar-refractivity contribution >= 4 is 46.4 Å². The number of nitrogens with one attached hydrogen (secondary N) is 1. The number of carbonyl (C=O) groups is 2. The molecule has 27 heavy (non-hydrogen) atoms. The zero-order valence-electron chi connectivity index (χ0n) is 15.0. The lowest BCUT2D eigenvalue weighted by molar-refractivity contribution is -0.131. The van der Waals surface area contributed by atoms with Crippen molar-refractivity contribution in [3.63, 3.8) is 0 Å². The summed E-state index contributed by atoms with van der Waals surface area (Å²) in [6, 6.07) is 12.2. The first-order valence-electron chi connectivity index (χ1n) is 8.87. The second kappa shape index (κ2) is 8.63. The van der Waals surface area contributed by atoms with Gasteiger partial charge in [-0.2, -0.15) is 0 Å². The molecule has 1 heterocycles. The van der Waals surface area contributed by atoms with Crippen LogP contribution in [0.2, 0.25) is 10.0 Å². The maximum Gasteiger partial charge on any atom is 0.255 e. The lowest BCUT2D eigenvalue weighted by atomic mass is 10.1. The van der Waals surface area contributed by atoms with E-state index in [2.05, 4.69) is 10.2 Å². The van der Waals surface area contributed by atoms with Gasteiger partial charge in [0.25, 0.3) is 5.91 Å². The molecule has 142 valence electrons. The van der Waals surface area contributed by atoms with Gasteiger partial charge >= 0.3 is 0 Å². The number of carbonyl (C=O) groups excluding carboxylic acids is 2. The van der Waals surface area contributed by atoms with Crippen LogP contribution >= 0.6 is 23.2 Å². The number of piperazine rings is 1. The van der Waals surface area contributed by atoms with E-state index in [9.17, 15) is 9.59 Å². The summed E-state index contributed by atoms with van der Waals surface area (Å²) in [5, 5.41) is 3.98. The van der Waals surface area contributed by atoms with Crippen molar-refractivity contribution in [3.8, 4) is 0 Å². The van der Waals surface area contributed by atoms with Gasteiger partial charge in [-0.25, -0.2) is 0 Å². The van der Waals surface area contributed by atoms with Crippen molar-refractivity contribution in [1.82, 2.24) is 4.90 Å². The van der Waals surface area contributed by atoms with Gasteiger partial charge in [0.15, 0.2) is 0 Å². The smallest absolute Gasteiger partial charge is 0.255 e. The van der Waals surface area contributed by atoms with Gasteiger partial charge in [0.05, 0.1) is 11.4 Å². The number of hydrogen-bond donors (Lipinski definition) is 1. The summed E-state index contributed by atoms with van der Waals surface area (Å²) in [5.74, 6) is -0.0824. The lowest BCUT2D eigenvalue weighted by Crippen LogP contribution is -2.48. The average Bonchev–Trinajstić information content (AvgIpc) is 2.67. The first kappa shape index (κ1) is 19.5. The second-order valence-electron chi connectivity index (χ2n) is 6.35. The molecule has 0 aromatic heterocycles.